The lowest BCUT2D eigenvalue weighted by Gasteiger charge is -2.17. The summed E-state index contributed by atoms with van der Waals surface area (Å²) in [6.07, 6.45) is 11.6. The Balaban J connectivity index is 2.20. The molecule has 0 heteroatoms. The van der Waals surface area contributed by atoms with Crippen LogP contribution in [0.4, 0.5) is 0 Å². The highest BCUT2D eigenvalue weighted by atomic mass is 14.2. The summed E-state index contributed by atoms with van der Waals surface area (Å²) in [6.45, 7) is 8.91. The maximum Gasteiger partial charge on any atom is -0.0106 e. The van der Waals surface area contributed by atoms with Crippen molar-refractivity contribution in [3.63, 3.8) is 0 Å². The number of fused-ring (bicyclic) bond motifs is 2. The Hall–Kier alpha value is -2.34. The van der Waals surface area contributed by atoms with E-state index in [0.717, 1.165) is 6.42 Å². The topological polar surface area (TPSA) is 0 Å². The molecule has 0 atom stereocenters. The van der Waals surface area contributed by atoms with Crippen LogP contribution in [0.1, 0.15) is 67.0 Å². The van der Waals surface area contributed by atoms with Gasteiger partial charge in [0.15, 0.2) is 0 Å². The van der Waals surface area contributed by atoms with Gasteiger partial charge in [-0.3, -0.25) is 0 Å². The van der Waals surface area contributed by atoms with Gasteiger partial charge in [-0.25, -0.2) is 0 Å². The Morgan fingerprint density at radius 1 is 0.958 bits per heavy atom. The van der Waals surface area contributed by atoms with E-state index in [-0.39, 0.29) is 0 Å². The Labute approximate surface area is 146 Å². The van der Waals surface area contributed by atoms with Crippen molar-refractivity contribution < 1.29 is 0 Å². The number of allylic oxidation sites excluding steroid dienone is 2. The minimum absolute atomic E-state index is 1.16. The molecule has 0 fully saturated rings. The minimum Gasteiger partial charge on any atom is -0.0727 e. The van der Waals surface area contributed by atoms with Gasteiger partial charge in [0.05, 0.1) is 0 Å². The van der Waals surface area contributed by atoms with Gasteiger partial charge in [-0.2, -0.15) is 0 Å². The van der Waals surface area contributed by atoms with Crippen molar-refractivity contribution in [3.05, 3.63) is 75.4 Å². The van der Waals surface area contributed by atoms with Crippen molar-refractivity contribution in [3.8, 4) is 0 Å². The van der Waals surface area contributed by atoms with Gasteiger partial charge >= 0.3 is 0 Å². The van der Waals surface area contributed by atoms with Crippen LogP contribution < -0.4 is 0 Å². The quantitative estimate of drug-likeness (QED) is 0.560. The first kappa shape index (κ1) is 16.5. The van der Waals surface area contributed by atoms with Crippen LogP contribution in [0.3, 0.4) is 0 Å². The fraction of sp³-hybridized carbons (Fsp3) is 0.250. The molecule has 0 nitrogen and oxygen atoms in total. The van der Waals surface area contributed by atoms with Crippen molar-refractivity contribution in [1.82, 2.24) is 0 Å². The molecule has 1 aliphatic carbocycles. The SMILES string of the molecule is CCC/C(C)=C\c1c(C)ccc2c1/C=C\c1ccccc1/C=C/2C. The highest BCUT2D eigenvalue weighted by Gasteiger charge is 2.12. The van der Waals surface area contributed by atoms with E-state index in [0.29, 0.717) is 0 Å². The predicted octanol–water partition coefficient (Wildman–Crippen LogP) is 7.24. The molecule has 0 spiro atoms. The molecule has 0 N–H and O–H groups in total. The fourth-order valence-corrected chi connectivity index (χ4v) is 3.45. The first-order valence-electron chi connectivity index (χ1n) is 8.86. The normalized spacial score (nSPS) is 17.2. The smallest absolute Gasteiger partial charge is 0.0106 e. The summed E-state index contributed by atoms with van der Waals surface area (Å²) in [5.41, 5.74) is 10.7. The average Bonchev–Trinajstić information content (AvgIpc) is 2.55. The first-order chi connectivity index (χ1) is 11.6. The lowest BCUT2D eigenvalue weighted by atomic mass is 9.88. The van der Waals surface area contributed by atoms with Gasteiger partial charge in [-0.1, -0.05) is 79.6 Å². The molecule has 1 aliphatic rings. The molecule has 24 heavy (non-hydrogen) atoms. The number of aryl methyl sites for hydroxylation is 1. The van der Waals surface area contributed by atoms with Crippen molar-refractivity contribution in [1.29, 1.82) is 0 Å². The van der Waals surface area contributed by atoms with E-state index in [1.807, 2.05) is 0 Å². The summed E-state index contributed by atoms with van der Waals surface area (Å²) in [7, 11) is 0. The molecular formula is C24H26. The standard InChI is InChI=1S/C24H26/c1-5-8-17(2)15-24-18(3)11-13-22-19(4)16-21-10-7-6-9-20(21)12-14-23(22)24/h6-7,9-16H,5,8H2,1-4H3/b14-12-,17-15-,19-16+,20-12?,21-16?,22-19?,23-14?. The van der Waals surface area contributed by atoms with Gasteiger partial charge in [0.25, 0.3) is 0 Å². The summed E-state index contributed by atoms with van der Waals surface area (Å²) in [5, 5.41) is 0. The van der Waals surface area contributed by atoms with Gasteiger partial charge in [-0.15, -0.1) is 0 Å². The molecule has 0 saturated heterocycles. The number of hydrogen-bond donors (Lipinski definition) is 0. The van der Waals surface area contributed by atoms with Crippen molar-refractivity contribution in [2.24, 2.45) is 0 Å². The predicted molar refractivity (Wildman–Crippen MR) is 109 cm³/mol. The monoisotopic (exact) mass is 314 g/mol. The summed E-state index contributed by atoms with van der Waals surface area (Å²) in [6, 6.07) is 13.1. The number of hydrogen-bond acceptors (Lipinski definition) is 0. The summed E-state index contributed by atoms with van der Waals surface area (Å²) in [4.78, 5) is 0. The van der Waals surface area contributed by atoms with Gasteiger partial charge in [0.2, 0.25) is 0 Å². The van der Waals surface area contributed by atoms with Crippen LogP contribution in [0.25, 0.3) is 29.9 Å². The first-order valence-corrected chi connectivity index (χ1v) is 8.86. The second-order valence-electron chi connectivity index (χ2n) is 6.79. The van der Waals surface area contributed by atoms with E-state index in [1.54, 1.807) is 0 Å². The van der Waals surface area contributed by atoms with Gasteiger partial charge < -0.3 is 0 Å². The highest BCUT2D eigenvalue weighted by molar-refractivity contribution is 5.93. The van der Waals surface area contributed by atoms with Crippen LogP contribution in [0, 0.1) is 6.92 Å². The van der Waals surface area contributed by atoms with Crippen LogP contribution in [-0.2, 0) is 0 Å². The maximum absolute atomic E-state index is 2.38. The van der Waals surface area contributed by atoms with Crippen LogP contribution in [0.5, 0.6) is 0 Å². The van der Waals surface area contributed by atoms with Crippen LogP contribution in [-0.4, -0.2) is 0 Å². The molecule has 0 heterocycles. The van der Waals surface area contributed by atoms with E-state index in [2.05, 4.69) is 88.4 Å². The Morgan fingerprint density at radius 3 is 2.46 bits per heavy atom. The molecule has 0 unspecified atom stereocenters. The van der Waals surface area contributed by atoms with Crippen molar-refractivity contribution in [2.75, 3.05) is 0 Å². The second-order valence-corrected chi connectivity index (χ2v) is 6.79. The average molecular weight is 314 g/mol. The van der Waals surface area contributed by atoms with Crippen LogP contribution in [0.15, 0.2) is 42.0 Å². The molecule has 2 aromatic rings. The van der Waals surface area contributed by atoms with E-state index in [1.165, 1.54) is 50.9 Å². The zero-order chi connectivity index (χ0) is 17.1. The second kappa shape index (κ2) is 7.05. The molecule has 0 bridgehead atoms. The third-order valence-corrected chi connectivity index (χ3v) is 4.76. The largest absolute Gasteiger partial charge is 0.0727 e. The fourth-order valence-electron chi connectivity index (χ4n) is 3.45. The molecule has 122 valence electrons. The molecule has 0 amide bonds. The van der Waals surface area contributed by atoms with Crippen molar-refractivity contribution in [2.45, 2.75) is 40.5 Å². The molecule has 2 aromatic carbocycles. The molecule has 0 radical (unpaired) electrons. The zero-order valence-electron chi connectivity index (χ0n) is 15.2. The lowest BCUT2D eigenvalue weighted by Crippen LogP contribution is -1.96. The summed E-state index contributed by atoms with van der Waals surface area (Å²) >= 11 is 0. The Bertz CT molecular complexity index is 844. The third-order valence-electron chi connectivity index (χ3n) is 4.76. The molecule has 0 saturated carbocycles. The molecule has 0 aromatic heterocycles. The van der Waals surface area contributed by atoms with Crippen LogP contribution >= 0.6 is 0 Å². The Morgan fingerprint density at radius 2 is 1.71 bits per heavy atom. The Kier molecular flexibility index (Phi) is 4.85. The minimum atomic E-state index is 1.16. The molecule has 0 aliphatic heterocycles. The van der Waals surface area contributed by atoms with E-state index in [4.69, 9.17) is 0 Å². The summed E-state index contributed by atoms with van der Waals surface area (Å²) < 4.78 is 0. The molecular weight excluding hydrogens is 288 g/mol. The van der Waals surface area contributed by atoms with Gasteiger partial charge in [0, 0.05) is 0 Å². The van der Waals surface area contributed by atoms with E-state index < -0.39 is 0 Å². The van der Waals surface area contributed by atoms with E-state index in [9.17, 15) is 0 Å². The van der Waals surface area contributed by atoms with Gasteiger partial charge in [0.1, 0.15) is 0 Å². The lowest BCUT2D eigenvalue weighted by molar-refractivity contribution is 0.911. The van der Waals surface area contributed by atoms with Gasteiger partial charge in [-0.05, 0) is 66.1 Å². The van der Waals surface area contributed by atoms with Crippen LogP contribution in [0.2, 0.25) is 0 Å². The summed E-state index contributed by atoms with van der Waals surface area (Å²) in [5.74, 6) is 0. The number of benzene rings is 2. The van der Waals surface area contributed by atoms with E-state index >= 15 is 0 Å². The maximum atomic E-state index is 2.38. The third kappa shape index (κ3) is 3.28. The zero-order valence-corrected chi connectivity index (χ0v) is 15.2. The molecule has 3 rings (SSSR count). The highest BCUT2D eigenvalue weighted by Crippen LogP contribution is 2.32. The number of rotatable bonds is 3. The van der Waals surface area contributed by atoms with Crippen molar-refractivity contribution >= 4 is 29.9 Å².